The van der Waals surface area contributed by atoms with Crippen LogP contribution in [0, 0.1) is 0 Å². The van der Waals surface area contributed by atoms with Gasteiger partial charge in [0.1, 0.15) is 11.4 Å². The third-order valence-electron chi connectivity index (χ3n) is 6.24. The summed E-state index contributed by atoms with van der Waals surface area (Å²) in [5.74, 6) is -0.892. The van der Waals surface area contributed by atoms with E-state index in [1.807, 2.05) is 0 Å². The third-order valence-corrected chi connectivity index (χ3v) is 6.56. The summed E-state index contributed by atoms with van der Waals surface area (Å²) in [5, 5.41) is 21.7. The molecule has 2 heterocycles. The van der Waals surface area contributed by atoms with E-state index < -0.39 is 42.4 Å². The standard InChI is InChI=1S/C28H17ClF6N4O3/c29-20-9-5-4-8-19(20)26-22(21(14-40)37-42-26)25(41)23-24(16-6-2-1-3-7-16)39(38-36-23)13-15-10-17(27(30,31)32)12-18(11-15)28(33,34)35/h1-12,40H,13-14H2. The number of hydrogen-bond acceptors (Lipinski definition) is 6. The highest BCUT2D eigenvalue weighted by Crippen LogP contribution is 2.38. The summed E-state index contributed by atoms with van der Waals surface area (Å²) in [6.45, 7) is -1.29. The monoisotopic (exact) mass is 606 g/mol. The van der Waals surface area contributed by atoms with Gasteiger partial charge in [0.25, 0.3) is 0 Å². The van der Waals surface area contributed by atoms with Crippen molar-refractivity contribution in [1.82, 2.24) is 20.2 Å². The van der Waals surface area contributed by atoms with Crippen molar-refractivity contribution in [3.05, 3.63) is 111 Å². The average molecular weight is 607 g/mol. The van der Waals surface area contributed by atoms with Crippen LogP contribution in [0.2, 0.25) is 5.02 Å². The molecule has 0 amide bonds. The van der Waals surface area contributed by atoms with Gasteiger partial charge in [-0.1, -0.05) is 64.4 Å². The fourth-order valence-electron chi connectivity index (χ4n) is 4.35. The molecule has 0 bridgehead atoms. The van der Waals surface area contributed by atoms with Crippen LogP contribution in [0.5, 0.6) is 0 Å². The van der Waals surface area contributed by atoms with Gasteiger partial charge in [0.2, 0.25) is 5.78 Å². The van der Waals surface area contributed by atoms with Crippen molar-refractivity contribution < 1.29 is 40.8 Å². The van der Waals surface area contributed by atoms with E-state index in [4.69, 9.17) is 16.1 Å². The molecule has 0 saturated heterocycles. The van der Waals surface area contributed by atoms with Crippen molar-refractivity contribution in [2.24, 2.45) is 0 Å². The highest BCUT2D eigenvalue weighted by molar-refractivity contribution is 6.33. The molecule has 0 fully saturated rings. The lowest BCUT2D eigenvalue weighted by Crippen LogP contribution is -2.14. The Morgan fingerprint density at radius 2 is 1.52 bits per heavy atom. The fraction of sp³-hybridized carbons (Fsp3) is 0.143. The van der Waals surface area contributed by atoms with Gasteiger partial charge in [0.15, 0.2) is 11.5 Å². The number of rotatable bonds is 7. The number of carbonyl (C=O) groups excluding carboxylic acids is 1. The molecule has 0 radical (unpaired) electrons. The van der Waals surface area contributed by atoms with E-state index >= 15 is 0 Å². The maximum Gasteiger partial charge on any atom is 0.416 e. The minimum absolute atomic E-state index is 0.00164. The lowest BCUT2D eigenvalue weighted by Gasteiger charge is -2.15. The zero-order valence-corrected chi connectivity index (χ0v) is 21.8. The van der Waals surface area contributed by atoms with Crippen LogP contribution in [-0.4, -0.2) is 31.0 Å². The number of benzene rings is 3. The number of ketones is 1. The second-order valence-electron chi connectivity index (χ2n) is 9.02. The molecule has 2 aromatic heterocycles. The van der Waals surface area contributed by atoms with E-state index in [1.165, 1.54) is 0 Å². The number of aliphatic hydroxyl groups is 1. The summed E-state index contributed by atoms with van der Waals surface area (Å²) in [6, 6.07) is 15.6. The van der Waals surface area contributed by atoms with Crippen molar-refractivity contribution >= 4 is 17.4 Å². The molecule has 0 aliphatic rings. The van der Waals surface area contributed by atoms with Crippen LogP contribution >= 0.6 is 11.6 Å². The highest BCUT2D eigenvalue weighted by Gasteiger charge is 2.37. The van der Waals surface area contributed by atoms with Gasteiger partial charge in [-0.2, -0.15) is 26.3 Å². The first kappa shape index (κ1) is 29.0. The molecule has 216 valence electrons. The van der Waals surface area contributed by atoms with Gasteiger partial charge in [-0.3, -0.25) is 4.79 Å². The molecule has 0 unspecified atom stereocenters. The number of aliphatic hydroxyl groups excluding tert-OH is 1. The van der Waals surface area contributed by atoms with Crippen LogP contribution < -0.4 is 0 Å². The van der Waals surface area contributed by atoms with Crippen molar-refractivity contribution in [3.8, 4) is 22.6 Å². The molecule has 5 rings (SSSR count). The smallest absolute Gasteiger partial charge is 0.390 e. The first-order chi connectivity index (χ1) is 19.9. The molecule has 3 aromatic carbocycles. The molecule has 7 nitrogen and oxygen atoms in total. The predicted octanol–water partition coefficient (Wildman–Crippen LogP) is 7.06. The molecule has 1 N–H and O–H groups in total. The topological polar surface area (TPSA) is 94.0 Å². The Morgan fingerprint density at radius 1 is 0.905 bits per heavy atom. The molecule has 0 aliphatic carbocycles. The number of nitrogens with zero attached hydrogens (tertiary/aromatic N) is 4. The Balaban J connectivity index is 1.66. The fourth-order valence-corrected chi connectivity index (χ4v) is 4.58. The van der Waals surface area contributed by atoms with E-state index in [9.17, 15) is 36.2 Å². The minimum atomic E-state index is -5.05. The van der Waals surface area contributed by atoms with Crippen LogP contribution in [0.15, 0.2) is 77.3 Å². The van der Waals surface area contributed by atoms with Crippen molar-refractivity contribution in [2.75, 3.05) is 0 Å². The normalized spacial score (nSPS) is 12.1. The van der Waals surface area contributed by atoms with Crippen LogP contribution in [0.1, 0.15) is 38.4 Å². The largest absolute Gasteiger partial charge is 0.416 e. The van der Waals surface area contributed by atoms with Crippen LogP contribution in [-0.2, 0) is 25.5 Å². The van der Waals surface area contributed by atoms with E-state index in [-0.39, 0.29) is 50.6 Å². The Hall–Kier alpha value is -4.49. The SMILES string of the molecule is O=C(c1nnn(Cc2cc(C(F)(F)F)cc(C(F)(F)F)c2)c1-c1ccccc1)c1c(CO)noc1-c1ccccc1Cl. The maximum atomic E-state index is 14.0. The molecular formula is C28H17ClF6N4O3. The summed E-state index contributed by atoms with van der Waals surface area (Å²) >= 11 is 6.29. The minimum Gasteiger partial charge on any atom is -0.390 e. The van der Waals surface area contributed by atoms with Gasteiger partial charge in [-0.15, -0.1) is 5.10 Å². The van der Waals surface area contributed by atoms with Crippen LogP contribution in [0.4, 0.5) is 26.3 Å². The molecule has 0 saturated carbocycles. The zero-order chi connectivity index (χ0) is 30.2. The molecular weight excluding hydrogens is 590 g/mol. The van der Waals surface area contributed by atoms with Crippen molar-refractivity contribution in [3.63, 3.8) is 0 Å². The van der Waals surface area contributed by atoms with E-state index in [0.29, 0.717) is 17.7 Å². The van der Waals surface area contributed by atoms with Gasteiger partial charge in [-0.05, 0) is 35.9 Å². The first-order valence-corrected chi connectivity index (χ1v) is 12.4. The quantitative estimate of drug-likeness (QED) is 0.157. The molecule has 14 heteroatoms. The van der Waals surface area contributed by atoms with Gasteiger partial charge < -0.3 is 9.63 Å². The van der Waals surface area contributed by atoms with Gasteiger partial charge in [0, 0.05) is 11.1 Å². The van der Waals surface area contributed by atoms with Gasteiger partial charge in [0.05, 0.1) is 34.9 Å². The first-order valence-electron chi connectivity index (χ1n) is 12.0. The van der Waals surface area contributed by atoms with Gasteiger partial charge >= 0.3 is 12.4 Å². The zero-order valence-electron chi connectivity index (χ0n) is 21.0. The maximum absolute atomic E-state index is 14.0. The Labute approximate surface area is 237 Å². The Kier molecular flexibility index (Phi) is 7.64. The summed E-state index contributed by atoms with van der Waals surface area (Å²) in [5.41, 5.74) is -3.38. The lowest BCUT2D eigenvalue weighted by atomic mass is 9.98. The number of carbonyl (C=O) groups is 1. The van der Waals surface area contributed by atoms with E-state index in [0.717, 1.165) is 4.68 Å². The highest BCUT2D eigenvalue weighted by atomic mass is 35.5. The Bertz CT molecular complexity index is 1730. The summed E-state index contributed by atoms with van der Waals surface area (Å²) in [7, 11) is 0. The summed E-state index contributed by atoms with van der Waals surface area (Å²) in [4.78, 5) is 14.0. The molecule has 0 aliphatic heterocycles. The van der Waals surface area contributed by atoms with Gasteiger partial charge in [-0.25, -0.2) is 4.68 Å². The van der Waals surface area contributed by atoms with Crippen LogP contribution in [0.3, 0.4) is 0 Å². The number of hydrogen-bond donors (Lipinski definition) is 1. The molecule has 0 spiro atoms. The van der Waals surface area contributed by atoms with Crippen molar-refractivity contribution in [1.29, 1.82) is 0 Å². The lowest BCUT2D eigenvalue weighted by molar-refractivity contribution is -0.143. The number of halogens is 7. The summed E-state index contributed by atoms with van der Waals surface area (Å²) < 4.78 is 87.2. The van der Waals surface area contributed by atoms with E-state index in [2.05, 4.69) is 15.5 Å². The molecule has 42 heavy (non-hydrogen) atoms. The third kappa shape index (κ3) is 5.65. The molecule has 5 aromatic rings. The average Bonchev–Trinajstić information content (AvgIpc) is 3.57. The number of aromatic nitrogens is 4. The van der Waals surface area contributed by atoms with Crippen LogP contribution in [0.25, 0.3) is 22.6 Å². The van der Waals surface area contributed by atoms with E-state index in [1.54, 1.807) is 54.6 Å². The second kappa shape index (κ2) is 11.1. The Morgan fingerprint density at radius 3 is 2.12 bits per heavy atom. The summed E-state index contributed by atoms with van der Waals surface area (Å²) in [6.07, 6.45) is -10.1. The molecule has 0 atom stereocenters. The predicted molar refractivity (Wildman–Crippen MR) is 137 cm³/mol. The second-order valence-corrected chi connectivity index (χ2v) is 9.43. The van der Waals surface area contributed by atoms with Crippen molar-refractivity contribution in [2.45, 2.75) is 25.5 Å². The number of alkyl halides is 6.